The molecule has 1 aromatic rings. The maximum Gasteiger partial charge on any atom is 0.423 e. The minimum atomic E-state index is -2.05. The van der Waals surface area contributed by atoms with Crippen LogP contribution in [0.5, 0.6) is 0 Å². The van der Waals surface area contributed by atoms with Gasteiger partial charge in [0.1, 0.15) is 0 Å². The number of ether oxygens (including phenoxy) is 2. The standard InChI is InChI=1S/C13H10BrCl2NO5/c1-2-21-11(19)13(6-14)10(18)17(12(20)22-13)9-4-7(15)3-8(16)5-9/h3-5H,2,6H2,1H3. The third-order valence-electron chi connectivity index (χ3n) is 2.89. The number of benzene rings is 1. The summed E-state index contributed by atoms with van der Waals surface area (Å²) in [5.41, 5.74) is -1.94. The fourth-order valence-electron chi connectivity index (χ4n) is 1.91. The van der Waals surface area contributed by atoms with Crippen LogP contribution < -0.4 is 4.90 Å². The normalized spacial score (nSPS) is 21.0. The molecule has 2 rings (SSSR count). The Balaban J connectivity index is 2.45. The van der Waals surface area contributed by atoms with E-state index in [1.807, 2.05) is 0 Å². The van der Waals surface area contributed by atoms with Crippen molar-refractivity contribution in [2.45, 2.75) is 12.5 Å². The van der Waals surface area contributed by atoms with Gasteiger partial charge in [-0.05, 0) is 25.1 Å². The van der Waals surface area contributed by atoms with Crippen molar-refractivity contribution < 1.29 is 23.9 Å². The van der Waals surface area contributed by atoms with Crippen molar-refractivity contribution in [1.82, 2.24) is 0 Å². The first-order chi connectivity index (χ1) is 10.4. The maximum atomic E-state index is 12.6. The Labute approximate surface area is 144 Å². The summed E-state index contributed by atoms with van der Waals surface area (Å²) in [6.07, 6.45) is -1.00. The zero-order valence-electron chi connectivity index (χ0n) is 11.3. The number of nitrogens with zero attached hydrogens (tertiary/aromatic N) is 1. The number of hydrogen-bond acceptors (Lipinski definition) is 5. The molecule has 0 bridgehead atoms. The molecule has 9 heteroatoms. The van der Waals surface area contributed by atoms with Crippen molar-refractivity contribution in [2.75, 3.05) is 16.8 Å². The Morgan fingerprint density at radius 1 is 1.32 bits per heavy atom. The zero-order valence-corrected chi connectivity index (χ0v) is 14.4. The Morgan fingerprint density at radius 3 is 2.41 bits per heavy atom. The summed E-state index contributed by atoms with van der Waals surface area (Å²) in [4.78, 5) is 37.4. The summed E-state index contributed by atoms with van der Waals surface area (Å²) >= 11 is 14.8. The van der Waals surface area contributed by atoms with Crippen molar-refractivity contribution in [1.29, 1.82) is 0 Å². The molecule has 0 N–H and O–H groups in total. The van der Waals surface area contributed by atoms with E-state index in [1.54, 1.807) is 6.92 Å². The molecule has 1 aliphatic rings. The van der Waals surface area contributed by atoms with Crippen LogP contribution in [0, 0.1) is 0 Å². The van der Waals surface area contributed by atoms with E-state index < -0.39 is 23.6 Å². The minimum absolute atomic E-state index is 0.0431. The highest BCUT2D eigenvalue weighted by Crippen LogP contribution is 2.34. The molecule has 1 unspecified atom stereocenters. The summed E-state index contributed by atoms with van der Waals surface area (Å²) in [6, 6.07) is 4.17. The van der Waals surface area contributed by atoms with Gasteiger partial charge in [-0.3, -0.25) is 4.79 Å². The lowest BCUT2D eigenvalue weighted by Gasteiger charge is -2.20. The van der Waals surface area contributed by atoms with E-state index in [4.69, 9.17) is 32.7 Å². The molecule has 118 valence electrons. The van der Waals surface area contributed by atoms with Crippen LogP contribution in [0.1, 0.15) is 6.92 Å². The molecule has 1 heterocycles. The monoisotopic (exact) mass is 409 g/mol. The molecule has 22 heavy (non-hydrogen) atoms. The number of carbonyl (C=O) groups excluding carboxylic acids is 3. The highest BCUT2D eigenvalue weighted by Gasteiger charge is 2.60. The molecule has 1 aromatic carbocycles. The number of imide groups is 1. The highest BCUT2D eigenvalue weighted by molar-refractivity contribution is 9.09. The maximum absolute atomic E-state index is 12.6. The van der Waals surface area contributed by atoms with Gasteiger partial charge in [-0.1, -0.05) is 39.1 Å². The number of cyclic esters (lactones) is 1. The number of esters is 1. The molecule has 1 atom stereocenters. The molecular weight excluding hydrogens is 401 g/mol. The van der Waals surface area contributed by atoms with Gasteiger partial charge in [0.25, 0.3) is 11.5 Å². The molecule has 0 radical (unpaired) electrons. The van der Waals surface area contributed by atoms with Crippen molar-refractivity contribution in [2.24, 2.45) is 0 Å². The zero-order chi connectivity index (χ0) is 16.5. The highest BCUT2D eigenvalue weighted by atomic mass is 79.9. The lowest BCUT2D eigenvalue weighted by atomic mass is 10.1. The summed E-state index contributed by atoms with van der Waals surface area (Å²) in [7, 11) is 0. The Bertz CT molecular complexity index is 633. The van der Waals surface area contributed by atoms with E-state index >= 15 is 0 Å². The van der Waals surface area contributed by atoms with Crippen LogP contribution in [0.4, 0.5) is 10.5 Å². The molecular formula is C13H10BrCl2NO5. The van der Waals surface area contributed by atoms with E-state index in [9.17, 15) is 14.4 Å². The van der Waals surface area contributed by atoms with Crippen LogP contribution in [0.15, 0.2) is 18.2 Å². The fraction of sp³-hybridized carbons (Fsp3) is 0.308. The second-order valence-corrected chi connectivity index (χ2v) is 5.75. The largest absolute Gasteiger partial charge is 0.463 e. The average Bonchev–Trinajstić information content (AvgIpc) is 2.70. The van der Waals surface area contributed by atoms with E-state index in [-0.39, 0.29) is 27.7 Å². The van der Waals surface area contributed by atoms with Crippen molar-refractivity contribution in [3.8, 4) is 0 Å². The van der Waals surface area contributed by atoms with E-state index in [0.717, 1.165) is 0 Å². The first-order valence-corrected chi connectivity index (χ1v) is 8.00. The summed E-state index contributed by atoms with van der Waals surface area (Å²) in [5.74, 6) is -1.81. The Kier molecular flexibility index (Phi) is 4.99. The molecule has 1 saturated heterocycles. The first-order valence-electron chi connectivity index (χ1n) is 6.12. The molecule has 1 fully saturated rings. The number of hydrogen-bond donors (Lipinski definition) is 0. The lowest BCUT2D eigenvalue weighted by molar-refractivity contribution is -0.163. The number of rotatable bonds is 4. The fourth-order valence-corrected chi connectivity index (χ4v) is 3.01. The van der Waals surface area contributed by atoms with Gasteiger partial charge in [-0.15, -0.1) is 0 Å². The minimum Gasteiger partial charge on any atom is -0.463 e. The van der Waals surface area contributed by atoms with Gasteiger partial charge >= 0.3 is 12.1 Å². The molecule has 0 aromatic heterocycles. The number of halogens is 3. The first kappa shape index (κ1) is 17.1. The third-order valence-corrected chi connectivity index (χ3v) is 4.12. The molecule has 1 aliphatic heterocycles. The van der Waals surface area contributed by atoms with Crippen LogP contribution in [0.3, 0.4) is 0 Å². The van der Waals surface area contributed by atoms with E-state index in [2.05, 4.69) is 15.9 Å². The topological polar surface area (TPSA) is 72.9 Å². The van der Waals surface area contributed by atoms with Crippen LogP contribution in [0.2, 0.25) is 10.0 Å². The molecule has 0 saturated carbocycles. The van der Waals surface area contributed by atoms with E-state index in [1.165, 1.54) is 18.2 Å². The van der Waals surface area contributed by atoms with Crippen molar-refractivity contribution in [3.63, 3.8) is 0 Å². The second kappa shape index (κ2) is 6.44. The SMILES string of the molecule is CCOC(=O)C1(CBr)OC(=O)N(c2cc(Cl)cc(Cl)c2)C1=O. The predicted molar refractivity (Wildman–Crippen MR) is 83.6 cm³/mol. The van der Waals surface area contributed by atoms with Crippen molar-refractivity contribution >= 4 is 62.8 Å². The average molecular weight is 411 g/mol. The third kappa shape index (κ3) is 2.80. The van der Waals surface area contributed by atoms with Gasteiger partial charge < -0.3 is 9.47 Å². The van der Waals surface area contributed by atoms with Gasteiger partial charge in [-0.25, -0.2) is 14.5 Å². The van der Waals surface area contributed by atoms with E-state index in [0.29, 0.717) is 4.90 Å². The quantitative estimate of drug-likeness (QED) is 0.433. The van der Waals surface area contributed by atoms with Crippen LogP contribution in [0.25, 0.3) is 0 Å². The second-order valence-electron chi connectivity index (χ2n) is 4.32. The molecule has 2 amide bonds. The van der Waals surface area contributed by atoms with Gasteiger partial charge in [0.15, 0.2) is 0 Å². The lowest BCUT2D eigenvalue weighted by Crippen LogP contribution is -2.50. The molecule has 0 aliphatic carbocycles. The number of carbonyl (C=O) groups is 3. The number of amides is 2. The number of anilines is 1. The Morgan fingerprint density at radius 2 is 1.91 bits per heavy atom. The number of alkyl halides is 1. The molecule has 0 spiro atoms. The van der Waals surface area contributed by atoms with Crippen LogP contribution >= 0.6 is 39.1 Å². The van der Waals surface area contributed by atoms with Gasteiger partial charge in [0, 0.05) is 10.0 Å². The van der Waals surface area contributed by atoms with Gasteiger partial charge in [0.2, 0.25) is 0 Å². The van der Waals surface area contributed by atoms with Crippen molar-refractivity contribution in [3.05, 3.63) is 28.2 Å². The van der Waals surface area contributed by atoms with Gasteiger partial charge in [-0.2, -0.15) is 0 Å². The van der Waals surface area contributed by atoms with Crippen LogP contribution in [-0.2, 0) is 19.1 Å². The molecule has 6 nitrogen and oxygen atoms in total. The Hall–Kier alpha value is -1.31. The van der Waals surface area contributed by atoms with Crippen LogP contribution in [-0.4, -0.2) is 35.5 Å². The summed E-state index contributed by atoms with van der Waals surface area (Å²) < 4.78 is 9.83. The predicted octanol–water partition coefficient (Wildman–Crippen LogP) is 3.17. The summed E-state index contributed by atoms with van der Waals surface area (Å²) in [6.45, 7) is 1.62. The van der Waals surface area contributed by atoms with Gasteiger partial charge in [0.05, 0.1) is 17.6 Å². The smallest absolute Gasteiger partial charge is 0.423 e. The summed E-state index contributed by atoms with van der Waals surface area (Å²) in [5, 5.41) is 0.236.